The van der Waals surface area contributed by atoms with E-state index in [-0.39, 0.29) is 5.91 Å². The van der Waals surface area contributed by atoms with Crippen LogP contribution in [0.2, 0.25) is 15.1 Å². The van der Waals surface area contributed by atoms with Gasteiger partial charge in [0.2, 0.25) is 0 Å². The average Bonchev–Trinajstić information content (AvgIpc) is 3.00. The third-order valence-corrected chi connectivity index (χ3v) is 5.12. The maximum absolute atomic E-state index is 12.3. The minimum Gasteiger partial charge on any atom is -0.354 e. The van der Waals surface area contributed by atoms with E-state index in [1.165, 1.54) is 0 Å². The first-order chi connectivity index (χ1) is 13.3. The van der Waals surface area contributed by atoms with E-state index >= 15 is 0 Å². The standard InChI is InChI=1S/C21H18Cl3N3O/c1-12(10-14-4-6-15(22)7-5-14)20-13(2)19(21(28)25-3)26-27(20)18-9-8-16(23)11-17(18)24/h4-11H,1-3H3,(H,25,28)/b12-10+. The van der Waals surface area contributed by atoms with Crippen LogP contribution in [0.5, 0.6) is 0 Å². The summed E-state index contributed by atoms with van der Waals surface area (Å²) in [7, 11) is 1.58. The molecule has 1 N–H and O–H groups in total. The number of aromatic nitrogens is 2. The predicted molar refractivity (Wildman–Crippen MR) is 117 cm³/mol. The van der Waals surface area contributed by atoms with E-state index in [9.17, 15) is 4.79 Å². The molecule has 144 valence electrons. The van der Waals surface area contributed by atoms with Crippen LogP contribution in [0.3, 0.4) is 0 Å². The molecule has 0 aliphatic heterocycles. The minimum atomic E-state index is -0.262. The molecule has 0 aliphatic rings. The summed E-state index contributed by atoms with van der Waals surface area (Å²) in [4.78, 5) is 12.3. The van der Waals surface area contributed by atoms with Gasteiger partial charge in [0.05, 0.1) is 16.4 Å². The largest absolute Gasteiger partial charge is 0.354 e. The summed E-state index contributed by atoms with van der Waals surface area (Å²) in [5.74, 6) is -0.262. The lowest BCUT2D eigenvalue weighted by Crippen LogP contribution is -2.19. The first-order valence-electron chi connectivity index (χ1n) is 8.53. The molecule has 3 aromatic rings. The van der Waals surface area contributed by atoms with Crippen LogP contribution in [0.1, 0.15) is 34.2 Å². The second-order valence-corrected chi connectivity index (χ2v) is 7.57. The molecule has 0 atom stereocenters. The fourth-order valence-electron chi connectivity index (χ4n) is 3.00. The molecule has 0 bridgehead atoms. The van der Waals surface area contributed by atoms with Crippen LogP contribution in [0, 0.1) is 6.92 Å². The monoisotopic (exact) mass is 433 g/mol. The van der Waals surface area contributed by atoms with Crippen LogP contribution in [-0.4, -0.2) is 22.7 Å². The van der Waals surface area contributed by atoms with Gasteiger partial charge in [-0.3, -0.25) is 4.79 Å². The molecular weight excluding hydrogens is 417 g/mol. The van der Waals surface area contributed by atoms with Crippen molar-refractivity contribution in [1.29, 1.82) is 0 Å². The van der Waals surface area contributed by atoms with Crippen molar-refractivity contribution in [1.82, 2.24) is 15.1 Å². The van der Waals surface area contributed by atoms with E-state index in [4.69, 9.17) is 34.8 Å². The Kier molecular flexibility index (Phi) is 6.14. The number of hydrogen-bond acceptors (Lipinski definition) is 2. The maximum Gasteiger partial charge on any atom is 0.271 e. The molecule has 2 aromatic carbocycles. The van der Waals surface area contributed by atoms with E-state index in [1.807, 2.05) is 44.2 Å². The Morgan fingerprint density at radius 2 is 1.71 bits per heavy atom. The molecule has 28 heavy (non-hydrogen) atoms. The van der Waals surface area contributed by atoms with Gasteiger partial charge in [-0.15, -0.1) is 0 Å². The van der Waals surface area contributed by atoms with Gasteiger partial charge < -0.3 is 5.32 Å². The summed E-state index contributed by atoms with van der Waals surface area (Å²) in [6, 6.07) is 12.7. The Morgan fingerprint density at radius 1 is 1.07 bits per heavy atom. The van der Waals surface area contributed by atoms with Gasteiger partial charge in [0.15, 0.2) is 5.69 Å². The zero-order chi connectivity index (χ0) is 20.4. The molecule has 1 heterocycles. The highest BCUT2D eigenvalue weighted by molar-refractivity contribution is 6.35. The molecule has 0 saturated heterocycles. The fourth-order valence-corrected chi connectivity index (χ4v) is 3.61. The fraction of sp³-hybridized carbons (Fsp3) is 0.143. The van der Waals surface area contributed by atoms with Crippen molar-refractivity contribution < 1.29 is 4.79 Å². The third kappa shape index (κ3) is 4.09. The molecule has 3 rings (SSSR count). The number of halogens is 3. The molecule has 0 saturated carbocycles. The van der Waals surface area contributed by atoms with Crippen LogP contribution in [-0.2, 0) is 0 Å². The van der Waals surface area contributed by atoms with Crippen molar-refractivity contribution in [2.75, 3.05) is 7.05 Å². The number of benzene rings is 2. The number of hydrogen-bond donors (Lipinski definition) is 1. The molecule has 0 radical (unpaired) electrons. The molecule has 0 unspecified atom stereocenters. The quantitative estimate of drug-likeness (QED) is 0.542. The predicted octanol–water partition coefficient (Wildman–Crippen LogP) is 6.06. The first kappa shape index (κ1) is 20.5. The van der Waals surface area contributed by atoms with Gasteiger partial charge >= 0.3 is 0 Å². The number of carbonyl (C=O) groups excluding carboxylic acids is 1. The molecule has 1 aromatic heterocycles. The minimum absolute atomic E-state index is 0.262. The molecule has 0 fully saturated rings. The SMILES string of the molecule is CNC(=O)c1nn(-c2ccc(Cl)cc2Cl)c(/C(C)=C/c2ccc(Cl)cc2)c1C. The van der Waals surface area contributed by atoms with Crippen molar-refractivity contribution in [3.63, 3.8) is 0 Å². The van der Waals surface area contributed by atoms with Crippen LogP contribution < -0.4 is 5.32 Å². The van der Waals surface area contributed by atoms with Crippen molar-refractivity contribution in [3.05, 3.63) is 80.0 Å². The smallest absolute Gasteiger partial charge is 0.271 e. The Labute approximate surface area is 178 Å². The van der Waals surface area contributed by atoms with Crippen LogP contribution in [0.4, 0.5) is 0 Å². The Balaban J connectivity index is 2.21. The zero-order valence-corrected chi connectivity index (χ0v) is 17.8. The normalized spacial score (nSPS) is 11.6. The molecule has 0 spiro atoms. The van der Waals surface area contributed by atoms with Crippen LogP contribution in [0.25, 0.3) is 17.3 Å². The molecule has 0 aliphatic carbocycles. The summed E-state index contributed by atoms with van der Waals surface area (Å²) >= 11 is 18.4. The number of nitrogens with one attached hydrogen (secondary N) is 1. The summed E-state index contributed by atoms with van der Waals surface area (Å²) in [6.45, 7) is 3.83. The van der Waals surface area contributed by atoms with Crippen molar-refractivity contribution in [3.8, 4) is 5.69 Å². The molecule has 1 amide bonds. The van der Waals surface area contributed by atoms with Crippen molar-refractivity contribution >= 4 is 52.4 Å². The Morgan fingerprint density at radius 3 is 2.32 bits per heavy atom. The molecule has 7 heteroatoms. The highest BCUT2D eigenvalue weighted by Crippen LogP contribution is 2.31. The number of allylic oxidation sites excluding steroid dienone is 1. The topological polar surface area (TPSA) is 46.9 Å². The van der Waals surface area contributed by atoms with Gasteiger partial charge in [-0.1, -0.05) is 46.9 Å². The third-order valence-electron chi connectivity index (χ3n) is 4.33. The van der Waals surface area contributed by atoms with E-state index in [0.717, 1.165) is 22.4 Å². The van der Waals surface area contributed by atoms with Gasteiger partial charge in [-0.05, 0) is 61.4 Å². The van der Waals surface area contributed by atoms with E-state index in [0.29, 0.717) is 26.4 Å². The number of amides is 1. The highest BCUT2D eigenvalue weighted by atomic mass is 35.5. The van der Waals surface area contributed by atoms with Crippen molar-refractivity contribution in [2.24, 2.45) is 0 Å². The van der Waals surface area contributed by atoms with Gasteiger partial charge in [0, 0.05) is 22.7 Å². The van der Waals surface area contributed by atoms with E-state index in [2.05, 4.69) is 10.4 Å². The highest BCUT2D eigenvalue weighted by Gasteiger charge is 2.22. The second kappa shape index (κ2) is 8.39. The lowest BCUT2D eigenvalue weighted by Gasteiger charge is -2.11. The summed E-state index contributed by atoms with van der Waals surface area (Å²) < 4.78 is 1.68. The van der Waals surface area contributed by atoms with Crippen LogP contribution >= 0.6 is 34.8 Å². The molecule has 4 nitrogen and oxygen atoms in total. The number of nitrogens with zero attached hydrogens (tertiary/aromatic N) is 2. The second-order valence-electron chi connectivity index (χ2n) is 6.29. The average molecular weight is 435 g/mol. The lowest BCUT2D eigenvalue weighted by atomic mass is 10.0. The zero-order valence-electron chi connectivity index (χ0n) is 15.6. The van der Waals surface area contributed by atoms with Gasteiger partial charge in [-0.2, -0.15) is 5.10 Å². The van der Waals surface area contributed by atoms with Gasteiger partial charge in [0.1, 0.15) is 0 Å². The van der Waals surface area contributed by atoms with Gasteiger partial charge in [-0.25, -0.2) is 4.68 Å². The molecular formula is C21H18Cl3N3O. The van der Waals surface area contributed by atoms with E-state index in [1.54, 1.807) is 29.9 Å². The van der Waals surface area contributed by atoms with Crippen molar-refractivity contribution in [2.45, 2.75) is 13.8 Å². The number of carbonyl (C=O) groups is 1. The Bertz CT molecular complexity index is 1070. The maximum atomic E-state index is 12.3. The lowest BCUT2D eigenvalue weighted by molar-refractivity contribution is 0.0957. The summed E-state index contributed by atoms with van der Waals surface area (Å²) in [5.41, 5.74) is 4.44. The number of rotatable bonds is 4. The summed E-state index contributed by atoms with van der Waals surface area (Å²) in [5, 5.41) is 8.81. The summed E-state index contributed by atoms with van der Waals surface area (Å²) in [6.07, 6.45) is 2.01. The first-order valence-corrected chi connectivity index (χ1v) is 9.66. The Hall–Kier alpha value is -2.27. The van der Waals surface area contributed by atoms with Gasteiger partial charge in [0.25, 0.3) is 5.91 Å². The van der Waals surface area contributed by atoms with E-state index < -0.39 is 0 Å². The van der Waals surface area contributed by atoms with Crippen LogP contribution in [0.15, 0.2) is 42.5 Å².